The fourth-order valence-electron chi connectivity index (χ4n) is 3.41. The number of rotatable bonds is 5. The van der Waals surface area contributed by atoms with E-state index in [4.69, 9.17) is 4.74 Å². The highest BCUT2D eigenvalue weighted by molar-refractivity contribution is 5.96. The summed E-state index contributed by atoms with van der Waals surface area (Å²) < 4.78 is 32.6. The second kappa shape index (κ2) is 7.96. The molecular formula is C21H23F2N5O. The van der Waals surface area contributed by atoms with Crippen LogP contribution in [0.15, 0.2) is 42.9 Å². The summed E-state index contributed by atoms with van der Waals surface area (Å²) in [5.41, 5.74) is 2.82. The predicted octanol–water partition coefficient (Wildman–Crippen LogP) is 3.55. The van der Waals surface area contributed by atoms with Crippen LogP contribution < -0.4 is 5.32 Å². The molecule has 1 fully saturated rings. The van der Waals surface area contributed by atoms with Crippen molar-refractivity contribution in [2.45, 2.75) is 18.9 Å². The van der Waals surface area contributed by atoms with E-state index in [1.807, 2.05) is 0 Å². The number of hydrogen-bond donors (Lipinski definition) is 1. The van der Waals surface area contributed by atoms with Crippen LogP contribution in [-0.2, 0) is 10.7 Å². The van der Waals surface area contributed by atoms with Crippen LogP contribution in [0.4, 0.5) is 14.6 Å². The lowest BCUT2D eigenvalue weighted by molar-refractivity contribution is 0.0109. The molecule has 0 radical (unpaired) electrons. The molecule has 1 aliphatic heterocycles. The summed E-state index contributed by atoms with van der Waals surface area (Å²) in [6, 6.07) is 6.45. The Bertz CT molecular complexity index is 991. The summed E-state index contributed by atoms with van der Waals surface area (Å²) in [6.45, 7) is 3.87. The molecule has 1 atom stereocenters. The van der Waals surface area contributed by atoms with Crippen molar-refractivity contribution in [3.63, 3.8) is 0 Å². The Morgan fingerprint density at radius 3 is 2.55 bits per heavy atom. The first-order valence-electron chi connectivity index (χ1n) is 9.54. The van der Waals surface area contributed by atoms with Crippen LogP contribution in [0.2, 0.25) is 0 Å². The molecule has 1 aliphatic rings. The Balaban J connectivity index is 1.63. The highest BCUT2D eigenvalue weighted by atomic mass is 19.3. The number of fused-ring (bicyclic) bond motifs is 1. The third-order valence-corrected chi connectivity index (χ3v) is 5.23. The maximum Gasteiger partial charge on any atom is 0.270 e. The quantitative estimate of drug-likeness (QED) is 0.708. The Morgan fingerprint density at radius 1 is 1.14 bits per heavy atom. The van der Waals surface area contributed by atoms with Crippen molar-refractivity contribution in [2.24, 2.45) is 0 Å². The van der Waals surface area contributed by atoms with Gasteiger partial charge in [-0.25, -0.2) is 18.7 Å². The standard InChI is InChI=1S/C21H23F2N5O/c1-21(22,23)15-5-3-14(4-6-15)17-12-27-20(19-18(17)24-7-8-25-19)26-11-16-13-29-10-9-28(16)2/h3-8,12,16H,9-11,13H2,1-2H3,(H,26,27). The van der Waals surface area contributed by atoms with Crippen molar-refractivity contribution in [1.29, 1.82) is 0 Å². The van der Waals surface area contributed by atoms with E-state index >= 15 is 0 Å². The maximum absolute atomic E-state index is 13.5. The summed E-state index contributed by atoms with van der Waals surface area (Å²) in [5.74, 6) is -2.23. The SMILES string of the molecule is CN1CCOCC1CNc1ncc(-c2ccc(C(C)(F)F)cc2)c2nccnc12. The zero-order valence-electron chi connectivity index (χ0n) is 16.4. The van der Waals surface area contributed by atoms with Crippen LogP contribution in [0.25, 0.3) is 22.2 Å². The third kappa shape index (κ3) is 4.18. The Labute approximate surface area is 167 Å². The predicted molar refractivity (Wildman–Crippen MR) is 108 cm³/mol. The van der Waals surface area contributed by atoms with Gasteiger partial charge in [-0.3, -0.25) is 9.88 Å². The average molecular weight is 399 g/mol. The largest absolute Gasteiger partial charge is 0.378 e. The number of ether oxygens (including phenoxy) is 1. The lowest BCUT2D eigenvalue weighted by Crippen LogP contribution is -2.46. The van der Waals surface area contributed by atoms with Gasteiger partial charge in [0.05, 0.1) is 19.3 Å². The van der Waals surface area contributed by atoms with E-state index in [0.717, 1.165) is 31.2 Å². The molecule has 0 aliphatic carbocycles. The summed E-state index contributed by atoms with van der Waals surface area (Å²) in [4.78, 5) is 15.7. The molecule has 1 aromatic carbocycles. The zero-order chi connectivity index (χ0) is 20.4. The molecule has 0 saturated carbocycles. The Kier molecular flexibility index (Phi) is 5.38. The Hall–Kier alpha value is -2.71. The van der Waals surface area contributed by atoms with E-state index in [1.165, 1.54) is 12.1 Å². The number of alkyl halides is 2. The van der Waals surface area contributed by atoms with Gasteiger partial charge in [-0.1, -0.05) is 24.3 Å². The normalized spacial score (nSPS) is 18.1. The summed E-state index contributed by atoms with van der Waals surface area (Å²) in [5, 5.41) is 3.36. The molecule has 1 unspecified atom stereocenters. The molecule has 29 heavy (non-hydrogen) atoms. The smallest absolute Gasteiger partial charge is 0.270 e. The number of halogens is 2. The van der Waals surface area contributed by atoms with Gasteiger partial charge >= 0.3 is 0 Å². The number of morpholine rings is 1. The molecule has 0 spiro atoms. The number of pyridine rings is 1. The highest BCUT2D eigenvalue weighted by Gasteiger charge is 2.24. The van der Waals surface area contributed by atoms with Gasteiger partial charge in [0.15, 0.2) is 5.82 Å². The molecule has 4 rings (SSSR count). The van der Waals surface area contributed by atoms with Crippen LogP contribution in [-0.4, -0.2) is 59.2 Å². The molecule has 0 amide bonds. The van der Waals surface area contributed by atoms with Crippen molar-refractivity contribution in [3.05, 3.63) is 48.4 Å². The van der Waals surface area contributed by atoms with Gasteiger partial charge in [0.2, 0.25) is 0 Å². The van der Waals surface area contributed by atoms with Crippen molar-refractivity contribution in [1.82, 2.24) is 19.9 Å². The summed E-state index contributed by atoms with van der Waals surface area (Å²) >= 11 is 0. The topological polar surface area (TPSA) is 63.2 Å². The second-order valence-electron chi connectivity index (χ2n) is 7.33. The first-order valence-corrected chi connectivity index (χ1v) is 9.54. The van der Waals surface area contributed by atoms with Crippen molar-refractivity contribution in [3.8, 4) is 11.1 Å². The molecule has 8 heteroatoms. The van der Waals surface area contributed by atoms with Gasteiger partial charge in [0.25, 0.3) is 5.92 Å². The molecule has 2 aromatic heterocycles. The van der Waals surface area contributed by atoms with Crippen molar-refractivity contribution >= 4 is 16.9 Å². The van der Waals surface area contributed by atoms with E-state index < -0.39 is 5.92 Å². The van der Waals surface area contributed by atoms with E-state index in [2.05, 4.69) is 32.2 Å². The second-order valence-corrected chi connectivity index (χ2v) is 7.33. The maximum atomic E-state index is 13.5. The summed E-state index contributed by atoms with van der Waals surface area (Å²) in [7, 11) is 2.08. The number of aromatic nitrogens is 3. The van der Waals surface area contributed by atoms with Crippen LogP contribution in [0.5, 0.6) is 0 Å². The zero-order valence-corrected chi connectivity index (χ0v) is 16.4. The molecular weight excluding hydrogens is 376 g/mol. The molecule has 1 N–H and O–H groups in total. The molecule has 6 nitrogen and oxygen atoms in total. The first-order chi connectivity index (χ1) is 13.9. The number of likely N-dealkylation sites (N-methyl/N-ethyl adjacent to an activating group) is 1. The van der Waals surface area contributed by atoms with E-state index in [-0.39, 0.29) is 11.6 Å². The lowest BCUT2D eigenvalue weighted by Gasteiger charge is -2.32. The fourth-order valence-corrected chi connectivity index (χ4v) is 3.41. The minimum atomic E-state index is -2.87. The van der Waals surface area contributed by atoms with Gasteiger partial charge in [-0.2, -0.15) is 0 Å². The number of nitrogens with one attached hydrogen (secondary N) is 1. The molecule has 3 aromatic rings. The first kappa shape index (κ1) is 19.6. The number of anilines is 1. The van der Waals surface area contributed by atoms with Crippen molar-refractivity contribution < 1.29 is 13.5 Å². The average Bonchev–Trinajstić information content (AvgIpc) is 2.72. The molecule has 3 heterocycles. The van der Waals surface area contributed by atoms with Crippen LogP contribution in [0.1, 0.15) is 12.5 Å². The number of nitrogens with zero attached hydrogens (tertiary/aromatic N) is 4. The van der Waals surface area contributed by atoms with Gasteiger partial charge in [0.1, 0.15) is 11.0 Å². The number of benzene rings is 1. The van der Waals surface area contributed by atoms with Gasteiger partial charge < -0.3 is 10.1 Å². The fraction of sp³-hybridized carbons (Fsp3) is 0.381. The van der Waals surface area contributed by atoms with Gasteiger partial charge in [0, 0.05) is 49.7 Å². The highest BCUT2D eigenvalue weighted by Crippen LogP contribution is 2.32. The van der Waals surface area contributed by atoms with Gasteiger partial charge in [-0.15, -0.1) is 0 Å². The van der Waals surface area contributed by atoms with E-state index in [1.54, 1.807) is 30.7 Å². The minimum Gasteiger partial charge on any atom is -0.378 e. The summed E-state index contributed by atoms with van der Waals surface area (Å²) in [6.07, 6.45) is 4.95. The van der Waals surface area contributed by atoms with Crippen LogP contribution in [0.3, 0.4) is 0 Å². The van der Waals surface area contributed by atoms with Crippen molar-refractivity contribution in [2.75, 3.05) is 38.7 Å². The van der Waals surface area contributed by atoms with Gasteiger partial charge in [-0.05, 0) is 12.6 Å². The monoisotopic (exact) mass is 399 g/mol. The lowest BCUT2D eigenvalue weighted by atomic mass is 10.0. The number of hydrogen-bond acceptors (Lipinski definition) is 6. The van der Waals surface area contributed by atoms with Crippen LogP contribution >= 0.6 is 0 Å². The minimum absolute atomic E-state index is 0.0262. The Morgan fingerprint density at radius 2 is 1.86 bits per heavy atom. The molecule has 0 bridgehead atoms. The van der Waals surface area contributed by atoms with Crippen LogP contribution in [0, 0.1) is 0 Å². The molecule has 1 saturated heterocycles. The van der Waals surface area contributed by atoms with E-state index in [9.17, 15) is 8.78 Å². The van der Waals surface area contributed by atoms with E-state index in [0.29, 0.717) is 30.0 Å². The molecule has 152 valence electrons. The third-order valence-electron chi connectivity index (χ3n) is 5.23.